The second-order valence-corrected chi connectivity index (χ2v) is 4.54. The summed E-state index contributed by atoms with van der Waals surface area (Å²) in [4.78, 5) is 2.17. The Kier molecular flexibility index (Phi) is 4.89. The molecule has 0 spiro atoms. The van der Waals surface area contributed by atoms with Crippen molar-refractivity contribution in [3.63, 3.8) is 0 Å². The van der Waals surface area contributed by atoms with Crippen LogP contribution in [0.5, 0.6) is 0 Å². The van der Waals surface area contributed by atoms with E-state index in [-0.39, 0.29) is 0 Å². The Labute approximate surface area is 98.2 Å². The van der Waals surface area contributed by atoms with E-state index < -0.39 is 0 Å². The Morgan fingerprint density at radius 2 is 2.21 bits per heavy atom. The van der Waals surface area contributed by atoms with E-state index >= 15 is 0 Å². The maximum Gasteiger partial charge on any atom is 0.0551 e. The fourth-order valence-electron chi connectivity index (χ4n) is 1.25. The normalized spacial score (nSPS) is 10.9. The molecular weight excluding hydrogens is 263 g/mol. The van der Waals surface area contributed by atoms with Crippen LogP contribution in [-0.2, 0) is 6.54 Å². The highest BCUT2D eigenvalue weighted by molar-refractivity contribution is 9.10. The van der Waals surface area contributed by atoms with Crippen molar-refractivity contribution in [2.75, 3.05) is 20.1 Å². The summed E-state index contributed by atoms with van der Waals surface area (Å²) >= 11 is 9.35. The van der Waals surface area contributed by atoms with Gasteiger partial charge in [-0.05, 0) is 40.7 Å². The van der Waals surface area contributed by atoms with Gasteiger partial charge in [-0.2, -0.15) is 0 Å². The van der Waals surface area contributed by atoms with E-state index in [1.165, 1.54) is 5.56 Å². The molecule has 0 unspecified atom stereocenters. The SMILES string of the molecule is CN(CCN)Cc1ccc(Br)c(Cl)c1. The topological polar surface area (TPSA) is 29.3 Å². The van der Waals surface area contributed by atoms with Gasteiger partial charge in [-0.3, -0.25) is 0 Å². The molecule has 1 aromatic carbocycles. The summed E-state index contributed by atoms with van der Waals surface area (Å²) in [6.07, 6.45) is 0. The van der Waals surface area contributed by atoms with Crippen molar-refractivity contribution in [1.82, 2.24) is 4.90 Å². The molecule has 0 aliphatic carbocycles. The van der Waals surface area contributed by atoms with Gasteiger partial charge in [0.05, 0.1) is 5.02 Å². The van der Waals surface area contributed by atoms with E-state index in [9.17, 15) is 0 Å². The number of nitrogens with two attached hydrogens (primary N) is 1. The minimum absolute atomic E-state index is 0.681. The zero-order valence-corrected chi connectivity index (χ0v) is 10.5. The molecule has 0 saturated carbocycles. The molecule has 0 fully saturated rings. The van der Waals surface area contributed by atoms with Gasteiger partial charge < -0.3 is 10.6 Å². The number of benzene rings is 1. The van der Waals surface area contributed by atoms with Gasteiger partial charge in [0, 0.05) is 24.1 Å². The van der Waals surface area contributed by atoms with Crippen LogP contribution < -0.4 is 5.73 Å². The van der Waals surface area contributed by atoms with Crippen LogP contribution >= 0.6 is 27.5 Å². The Bertz CT molecular complexity index is 304. The van der Waals surface area contributed by atoms with E-state index in [1.54, 1.807) is 0 Å². The lowest BCUT2D eigenvalue weighted by Crippen LogP contribution is -2.24. The van der Waals surface area contributed by atoms with Crippen LogP contribution in [0, 0.1) is 0 Å². The molecule has 0 radical (unpaired) electrons. The summed E-state index contributed by atoms with van der Waals surface area (Å²) in [5.41, 5.74) is 6.66. The van der Waals surface area contributed by atoms with E-state index in [4.69, 9.17) is 17.3 Å². The Morgan fingerprint density at radius 3 is 2.79 bits per heavy atom. The Morgan fingerprint density at radius 1 is 1.50 bits per heavy atom. The number of hydrogen-bond acceptors (Lipinski definition) is 2. The monoisotopic (exact) mass is 276 g/mol. The third kappa shape index (κ3) is 3.58. The van der Waals surface area contributed by atoms with Crippen LogP contribution in [-0.4, -0.2) is 25.0 Å². The minimum atomic E-state index is 0.681. The first-order chi connectivity index (χ1) is 6.63. The quantitative estimate of drug-likeness (QED) is 0.916. The van der Waals surface area contributed by atoms with E-state index in [0.29, 0.717) is 6.54 Å². The van der Waals surface area contributed by atoms with Crippen molar-refractivity contribution in [3.05, 3.63) is 33.3 Å². The van der Waals surface area contributed by atoms with Crippen LogP contribution in [0.25, 0.3) is 0 Å². The molecule has 0 saturated heterocycles. The van der Waals surface area contributed by atoms with Crippen molar-refractivity contribution >= 4 is 27.5 Å². The number of hydrogen-bond donors (Lipinski definition) is 1. The van der Waals surface area contributed by atoms with Gasteiger partial charge >= 0.3 is 0 Å². The maximum absolute atomic E-state index is 5.98. The van der Waals surface area contributed by atoms with Crippen LogP contribution in [0.2, 0.25) is 5.02 Å². The molecule has 2 N–H and O–H groups in total. The van der Waals surface area contributed by atoms with Crippen LogP contribution in [0.15, 0.2) is 22.7 Å². The fraction of sp³-hybridized carbons (Fsp3) is 0.400. The average Bonchev–Trinajstić information content (AvgIpc) is 2.12. The molecule has 2 nitrogen and oxygen atoms in total. The molecule has 78 valence electrons. The second kappa shape index (κ2) is 5.71. The zero-order valence-electron chi connectivity index (χ0n) is 8.13. The molecule has 4 heteroatoms. The first-order valence-electron chi connectivity index (χ1n) is 4.46. The Balaban J connectivity index is 2.63. The first kappa shape index (κ1) is 12.0. The summed E-state index contributed by atoms with van der Waals surface area (Å²) in [5, 5.41) is 0.753. The molecular formula is C10H14BrClN2. The van der Waals surface area contributed by atoms with Crippen molar-refractivity contribution in [2.24, 2.45) is 5.73 Å². The van der Waals surface area contributed by atoms with Crippen LogP contribution in [0.4, 0.5) is 0 Å². The highest BCUT2D eigenvalue weighted by atomic mass is 79.9. The summed E-state index contributed by atoms with van der Waals surface area (Å²) in [5.74, 6) is 0. The summed E-state index contributed by atoms with van der Waals surface area (Å²) in [6.45, 7) is 2.46. The zero-order chi connectivity index (χ0) is 10.6. The third-order valence-corrected chi connectivity index (χ3v) is 3.18. The van der Waals surface area contributed by atoms with Crippen LogP contribution in [0.1, 0.15) is 5.56 Å². The molecule has 0 aromatic heterocycles. The summed E-state index contributed by atoms with van der Waals surface area (Å²) < 4.78 is 0.935. The number of nitrogens with zero attached hydrogens (tertiary/aromatic N) is 1. The highest BCUT2D eigenvalue weighted by Gasteiger charge is 2.02. The number of likely N-dealkylation sites (N-methyl/N-ethyl adjacent to an activating group) is 1. The standard InChI is InChI=1S/C10H14BrClN2/c1-14(5-4-13)7-8-2-3-9(11)10(12)6-8/h2-3,6H,4-5,7,13H2,1H3. The van der Waals surface area contributed by atoms with Crippen molar-refractivity contribution in [3.8, 4) is 0 Å². The molecule has 0 aliphatic heterocycles. The smallest absolute Gasteiger partial charge is 0.0551 e. The minimum Gasteiger partial charge on any atom is -0.329 e. The number of rotatable bonds is 4. The molecule has 0 aliphatic rings. The molecule has 0 amide bonds. The largest absolute Gasteiger partial charge is 0.329 e. The van der Waals surface area contributed by atoms with E-state index in [2.05, 4.69) is 26.9 Å². The van der Waals surface area contributed by atoms with Gasteiger partial charge in [-0.25, -0.2) is 0 Å². The first-order valence-corrected chi connectivity index (χ1v) is 5.63. The fourth-order valence-corrected chi connectivity index (χ4v) is 1.70. The predicted molar refractivity (Wildman–Crippen MR) is 64.5 cm³/mol. The van der Waals surface area contributed by atoms with E-state index in [0.717, 1.165) is 22.6 Å². The number of halogens is 2. The maximum atomic E-state index is 5.98. The lowest BCUT2D eigenvalue weighted by Gasteiger charge is -2.15. The lowest BCUT2D eigenvalue weighted by molar-refractivity contribution is 0.336. The molecule has 14 heavy (non-hydrogen) atoms. The molecule has 0 bridgehead atoms. The van der Waals surface area contributed by atoms with Crippen LogP contribution in [0.3, 0.4) is 0 Å². The van der Waals surface area contributed by atoms with Crippen molar-refractivity contribution < 1.29 is 0 Å². The summed E-state index contributed by atoms with van der Waals surface area (Å²) in [6, 6.07) is 6.00. The average molecular weight is 278 g/mol. The van der Waals surface area contributed by atoms with Gasteiger partial charge in [0.15, 0.2) is 0 Å². The summed E-state index contributed by atoms with van der Waals surface area (Å²) in [7, 11) is 2.04. The molecule has 1 aromatic rings. The van der Waals surface area contributed by atoms with Gasteiger partial charge in [-0.15, -0.1) is 0 Å². The van der Waals surface area contributed by atoms with Crippen molar-refractivity contribution in [1.29, 1.82) is 0 Å². The molecule has 1 rings (SSSR count). The van der Waals surface area contributed by atoms with Crippen molar-refractivity contribution in [2.45, 2.75) is 6.54 Å². The van der Waals surface area contributed by atoms with Gasteiger partial charge in [0.25, 0.3) is 0 Å². The van der Waals surface area contributed by atoms with Gasteiger partial charge in [0.2, 0.25) is 0 Å². The van der Waals surface area contributed by atoms with E-state index in [1.807, 2.05) is 19.2 Å². The third-order valence-electron chi connectivity index (χ3n) is 1.95. The lowest BCUT2D eigenvalue weighted by atomic mass is 10.2. The van der Waals surface area contributed by atoms with Gasteiger partial charge in [-0.1, -0.05) is 17.7 Å². The highest BCUT2D eigenvalue weighted by Crippen LogP contribution is 2.23. The molecule has 0 heterocycles. The predicted octanol–water partition coefficient (Wildman–Crippen LogP) is 2.49. The Hall–Kier alpha value is -0.0900. The molecule has 0 atom stereocenters. The van der Waals surface area contributed by atoms with Gasteiger partial charge in [0.1, 0.15) is 0 Å². The second-order valence-electron chi connectivity index (χ2n) is 3.27.